The molecule has 0 heterocycles. The maximum Gasteiger partial charge on any atom is 0.133 e. The van der Waals surface area contributed by atoms with Gasteiger partial charge in [-0.25, -0.2) is 0 Å². The average Bonchev–Trinajstić information content (AvgIpc) is 2.05. The van der Waals surface area contributed by atoms with Crippen molar-refractivity contribution in [3.63, 3.8) is 0 Å². The number of benzene rings is 1. The van der Waals surface area contributed by atoms with Gasteiger partial charge in [0, 0.05) is 0 Å². The van der Waals surface area contributed by atoms with E-state index in [0.717, 1.165) is 5.56 Å². The number of nitrogens with one attached hydrogen (secondary N) is 1. The molecule has 0 aliphatic rings. The molecule has 3 heteroatoms. The fraction of sp³-hybridized carbons (Fsp3) is 0.417. The molecule has 0 aromatic heterocycles. The number of nitrogen functional groups attached to an aromatic ring is 1. The van der Waals surface area contributed by atoms with Gasteiger partial charge in [-0.3, -0.25) is 5.41 Å². The summed E-state index contributed by atoms with van der Waals surface area (Å²) >= 11 is 0. The minimum Gasteiger partial charge on any atom is -0.487 e. The van der Waals surface area contributed by atoms with E-state index in [1.165, 1.54) is 0 Å². The fourth-order valence-corrected chi connectivity index (χ4v) is 1.31. The van der Waals surface area contributed by atoms with E-state index >= 15 is 0 Å². The predicted molar refractivity (Wildman–Crippen MR) is 62.6 cm³/mol. The van der Waals surface area contributed by atoms with Crippen LogP contribution >= 0.6 is 0 Å². The van der Waals surface area contributed by atoms with Crippen molar-refractivity contribution in [2.24, 2.45) is 5.73 Å². The fourth-order valence-electron chi connectivity index (χ4n) is 1.31. The molecule has 0 amide bonds. The van der Waals surface area contributed by atoms with Crippen molar-refractivity contribution in [1.82, 2.24) is 0 Å². The molecule has 0 fully saturated rings. The van der Waals surface area contributed by atoms with Crippen molar-refractivity contribution in [3.8, 4) is 5.75 Å². The van der Waals surface area contributed by atoms with Crippen LogP contribution < -0.4 is 10.5 Å². The number of rotatable bonds is 2. The molecule has 0 saturated carbocycles. The van der Waals surface area contributed by atoms with Gasteiger partial charge in [0.1, 0.15) is 17.2 Å². The van der Waals surface area contributed by atoms with E-state index in [-0.39, 0.29) is 11.4 Å². The van der Waals surface area contributed by atoms with Crippen LogP contribution in [0.3, 0.4) is 0 Å². The van der Waals surface area contributed by atoms with Crippen molar-refractivity contribution in [2.45, 2.75) is 33.3 Å². The van der Waals surface area contributed by atoms with E-state index in [4.69, 9.17) is 15.9 Å². The number of para-hydroxylation sites is 1. The Morgan fingerprint density at radius 2 is 1.93 bits per heavy atom. The van der Waals surface area contributed by atoms with Crippen LogP contribution in [0.25, 0.3) is 0 Å². The van der Waals surface area contributed by atoms with Crippen molar-refractivity contribution in [1.29, 1.82) is 5.41 Å². The van der Waals surface area contributed by atoms with E-state index < -0.39 is 0 Å². The third-order valence-electron chi connectivity index (χ3n) is 1.91. The van der Waals surface area contributed by atoms with E-state index in [2.05, 4.69) is 0 Å². The highest BCUT2D eigenvalue weighted by atomic mass is 16.5. The Kier molecular flexibility index (Phi) is 3.03. The molecular weight excluding hydrogens is 188 g/mol. The van der Waals surface area contributed by atoms with Crippen molar-refractivity contribution in [3.05, 3.63) is 29.3 Å². The predicted octanol–water partition coefficient (Wildman–Crippen LogP) is 2.46. The van der Waals surface area contributed by atoms with Gasteiger partial charge in [-0.05, 0) is 39.3 Å². The quantitative estimate of drug-likeness (QED) is 0.577. The molecule has 3 N–H and O–H groups in total. The Balaban J connectivity index is 3.19. The number of ether oxygens (including phenoxy) is 1. The number of hydrogen-bond donors (Lipinski definition) is 2. The normalized spacial score (nSPS) is 11.2. The van der Waals surface area contributed by atoms with Gasteiger partial charge < -0.3 is 10.5 Å². The van der Waals surface area contributed by atoms with Crippen LogP contribution in [0.4, 0.5) is 0 Å². The van der Waals surface area contributed by atoms with Crippen LogP contribution in [0.5, 0.6) is 5.75 Å². The summed E-state index contributed by atoms with van der Waals surface area (Å²) in [5.41, 5.74) is 6.88. The first kappa shape index (κ1) is 11.6. The molecule has 0 spiro atoms. The highest BCUT2D eigenvalue weighted by Gasteiger charge is 2.17. The second kappa shape index (κ2) is 3.93. The van der Waals surface area contributed by atoms with Gasteiger partial charge in [-0.15, -0.1) is 0 Å². The molecule has 15 heavy (non-hydrogen) atoms. The Labute approximate surface area is 90.8 Å². The number of nitrogens with two attached hydrogens (primary N) is 1. The summed E-state index contributed by atoms with van der Waals surface area (Å²) in [5.74, 6) is 0.746. The Morgan fingerprint density at radius 3 is 2.40 bits per heavy atom. The van der Waals surface area contributed by atoms with Crippen LogP contribution in [0.2, 0.25) is 0 Å². The van der Waals surface area contributed by atoms with E-state index in [1.807, 2.05) is 39.8 Å². The summed E-state index contributed by atoms with van der Waals surface area (Å²) in [6.07, 6.45) is 0. The third kappa shape index (κ3) is 2.98. The van der Waals surface area contributed by atoms with Gasteiger partial charge in [-0.2, -0.15) is 0 Å². The van der Waals surface area contributed by atoms with Gasteiger partial charge in [0.25, 0.3) is 0 Å². The second-order valence-electron chi connectivity index (χ2n) is 4.58. The summed E-state index contributed by atoms with van der Waals surface area (Å²) in [6.45, 7) is 7.88. The Bertz CT molecular complexity index is 378. The largest absolute Gasteiger partial charge is 0.487 e. The van der Waals surface area contributed by atoms with E-state index in [9.17, 15) is 0 Å². The molecule has 0 unspecified atom stereocenters. The van der Waals surface area contributed by atoms with Gasteiger partial charge >= 0.3 is 0 Å². The molecular formula is C12H18N2O. The van der Waals surface area contributed by atoms with Gasteiger partial charge in [0.15, 0.2) is 0 Å². The number of hydrogen-bond acceptors (Lipinski definition) is 2. The van der Waals surface area contributed by atoms with E-state index in [0.29, 0.717) is 11.3 Å². The van der Waals surface area contributed by atoms with E-state index in [1.54, 1.807) is 6.07 Å². The molecule has 1 rings (SSSR count). The first-order valence-corrected chi connectivity index (χ1v) is 4.94. The lowest BCUT2D eigenvalue weighted by Gasteiger charge is -2.24. The number of aryl methyl sites for hydroxylation is 1. The molecule has 0 atom stereocenters. The third-order valence-corrected chi connectivity index (χ3v) is 1.91. The summed E-state index contributed by atoms with van der Waals surface area (Å²) < 4.78 is 5.80. The van der Waals surface area contributed by atoms with Crippen molar-refractivity contribution < 1.29 is 4.74 Å². The monoisotopic (exact) mass is 206 g/mol. The highest BCUT2D eigenvalue weighted by Crippen LogP contribution is 2.26. The molecule has 1 aromatic carbocycles. The van der Waals surface area contributed by atoms with Crippen LogP contribution in [0.1, 0.15) is 31.9 Å². The molecule has 3 nitrogen and oxygen atoms in total. The zero-order valence-corrected chi connectivity index (χ0v) is 9.72. The smallest absolute Gasteiger partial charge is 0.133 e. The Hall–Kier alpha value is -1.51. The molecule has 0 aliphatic heterocycles. The first-order chi connectivity index (χ1) is 6.81. The van der Waals surface area contributed by atoms with Crippen LogP contribution in [0.15, 0.2) is 18.2 Å². The lowest BCUT2D eigenvalue weighted by molar-refractivity contribution is 0.129. The lowest BCUT2D eigenvalue weighted by atomic mass is 10.1. The van der Waals surface area contributed by atoms with Crippen molar-refractivity contribution in [2.75, 3.05) is 0 Å². The summed E-state index contributed by atoms with van der Waals surface area (Å²) in [7, 11) is 0. The molecule has 0 aliphatic carbocycles. The maximum atomic E-state index is 7.48. The minimum atomic E-state index is -0.281. The Morgan fingerprint density at radius 1 is 1.33 bits per heavy atom. The zero-order chi connectivity index (χ0) is 11.6. The first-order valence-electron chi connectivity index (χ1n) is 4.94. The number of amidine groups is 1. The zero-order valence-electron chi connectivity index (χ0n) is 9.72. The highest BCUT2D eigenvalue weighted by molar-refractivity contribution is 5.98. The van der Waals surface area contributed by atoms with Gasteiger partial charge in [-0.1, -0.05) is 12.1 Å². The molecule has 0 saturated heterocycles. The van der Waals surface area contributed by atoms with Crippen molar-refractivity contribution >= 4 is 5.84 Å². The van der Waals surface area contributed by atoms with Crippen LogP contribution in [0, 0.1) is 12.3 Å². The molecule has 82 valence electrons. The summed E-state index contributed by atoms with van der Waals surface area (Å²) in [4.78, 5) is 0. The van der Waals surface area contributed by atoms with Crippen LogP contribution in [-0.4, -0.2) is 11.4 Å². The lowest BCUT2D eigenvalue weighted by Crippen LogP contribution is -2.25. The minimum absolute atomic E-state index is 0.0398. The average molecular weight is 206 g/mol. The van der Waals surface area contributed by atoms with Gasteiger partial charge in [0.05, 0.1) is 5.56 Å². The molecule has 0 radical (unpaired) electrons. The van der Waals surface area contributed by atoms with Crippen LogP contribution in [-0.2, 0) is 0 Å². The second-order valence-corrected chi connectivity index (χ2v) is 4.58. The maximum absolute atomic E-state index is 7.48. The SMILES string of the molecule is Cc1cccc(C(=N)N)c1OC(C)(C)C. The standard InChI is InChI=1S/C12H18N2O/c1-8-6-5-7-9(11(13)14)10(8)15-12(2,3)4/h5-7H,1-4H3,(H3,13,14). The molecule has 0 bridgehead atoms. The van der Waals surface area contributed by atoms with Gasteiger partial charge in [0.2, 0.25) is 0 Å². The topological polar surface area (TPSA) is 59.1 Å². The summed E-state index contributed by atoms with van der Waals surface area (Å²) in [6, 6.07) is 5.63. The summed E-state index contributed by atoms with van der Waals surface area (Å²) in [5, 5.41) is 7.48. The molecule has 1 aromatic rings.